The predicted octanol–water partition coefficient (Wildman–Crippen LogP) is 1.06. The zero-order valence-electron chi connectivity index (χ0n) is 6.73. The summed E-state index contributed by atoms with van der Waals surface area (Å²) < 4.78 is 0. The van der Waals surface area contributed by atoms with E-state index >= 15 is 0 Å². The summed E-state index contributed by atoms with van der Waals surface area (Å²) in [7, 11) is 0. The maximum atomic E-state index is 10.8. The maximum Gasteiger partial charge on any atom is 0.341 e. The largest absolute Gasteiger partial charge is 0.479 e. The minimum absolute atomic E-state index is 0.196. The van der Waals surface area contributed by atoms with E-state index in [-0.39, 0.29) is 5.75 Å². The molecule has 0 aliphatic carbocycles. The van der Waals surface area contributed by atoms with E-state index in [9.17, 15) is 9.90 Å². The summed E-state index contributed by atoms with van der Waals surface area (Å²) in [5, 5.41) is 18.7. The van der Waals surface area contributed by atoms with Crippen LogP contribution in [0.15, 0.2) is 29.2 Å². The van der Waals surface area contributed by atoms with Crippen molar-refractivity contribution in [1.29, 1.82) is 0 Å². The lowest BCUT2D eigenvalue weighted by atomic mass is 9.97. The first kappa shape index (κ1) is 8.59. The Kier molecular flexibility index (Phi) is 1.82. The van der Waals surface area contributed by atoms with Crippen LogP contribution in [0.4, 0.5) is 0 Å². The van der Waals surface area contributed by atoms with Crippen molar-refractivity contribution in [2.24, 2.45) is 0 Å². The molecule has 0 aromatic heterocycles. The molecule has 1 unspecified atom stereocenters. The van der Waals surface area contributed by atoms with E-state index in [0.717, 1.165) is 4.90 Å². The Morgan fingerprint density at radius 1 is 1.46 bits per heavy atom. The molecule has 2 rings (SSSR count). The van der Waals surface area contributed by atoms with E-state index in [1.165, 1.54) is 11.8 Å². The van der Waals surface area contributed by atoms with Gasteiger partial charge in [-0.2, -0.15) is 0 Å². The number of rotatable bonds is 1. The fourth-order valence-corrected chi connectivity index (χ4v) is 2.58. The Labute approximate surface area is 79.4 Å². The van der Waals surface area contributed by atoms with Gasteiger partial charge in [-0.25, -0.2) is 4.79 Å². The molecule has 68 valence electrons. The number of fused-ring (bicyclic) bond motifs is 1. The molecule has 0 saturated heterocycles. The SMILES string of the molecule is O=C(O)C1(O)CSc2ccccc21. The highest BCUT2D eigenvalue weighted by molar-refractivity contribution is 7.99. The van der Waals surface area contributed by atoms with Crippen molar-refractivity contribution in [2.45, 2.75) is 10.5 Å². The summed E-state index contributed by atoms with van der Waals surface area (Å²) >= 11 is 1.37. The first-order valence-electron chi connectivity index (χ1n) is 3.83. The van der Waals surface area contributed by atoms with Crippen molar-refractivity contribution >= 4 is 17.7 Å². The van der Waals surface area contributed by atoms with Crippen LogP contribution in [-0.2, 0) is 10.4 Å². The molecule has 4 heteroatoms. The van der Waals surface area contributed by atoms with Crippen molar-refractivity contribution in [2.75, 3.05) is 5.75 Å². The van der Waals surface area contributed by atoms with Crippen LogP contribution in [0.2, 0.25) is 0 Å². The molecule has 13 heavy (non-hydrogen) atoms. The molecule has 0 radical (unpaired) electrons. The Hall–Kier alpha value is -1.00. The Morgan fingerprint density at radius 2 is 2.15 bits per heavy atom. The van der Waals surface area contributed by atoms with Crippen LogP contribution in [0.25, 0.3) is 0 Å². The number of carboxylic acids is 1. The van der Waals surface area contributed by atoms with Crippen LogP contribution in [0.5, 0.6) is 0 Å². The summed E-state index contributed by atoms with van der Waals surface area (Å²) in [4.78, 5) is 11.7. The summed E-state index contributed by atoms with van der Waals surface area (Å²) in [6.45, 7) is 0. The molecule has 1 atom stereocenters. The van der Waals surface area contributed by atoms with Crippen LogP contribution in [-0.4, -0.2) is 21.9 Å². The van der Waals surface area contributed by atoms with Gasteiger partial charge in [0.05, 0.1) is 0 Å². The van der Waals surface area contributed by atoms with Gasteiger partial charge < -0.3 is 10.2 Å². The van der Waals surface area contributed by atoms with E-state index in [2.05, 4.69) is 0 Å². The minimum Gasteiger partial charge on any atom is -0.479 e. The molecule has 0 fully saturated rings. The number of thioether (sulfide) groups is 1. The molecule has 1 aromatic carbocycles. The highest BCUT2D eigenvalue weighted by atomic mass is 32.2. The van der Waals surface area contributed by atoms with E-state index in [0.29, 0.717) is 5.56 Å². The van der Waals surface area contributed by atoms with Gasteiger partial charge in [-0.15, -0.1) is 11.8 Å². The first-order valence-corrected chi connectivity index (χ1v) is 4.81. The standard InChI is InChI=1S/C9H8O3S/c10-8(11)9(12)5-13-7-4-2-1-3-6(7)9/h1-4,12H,5H2,(H,10,11). The number of carbonyl (C=O) groups is 1. The fraction of sp³-hybridized carbons (Fsp3) is 0.222. The average Bonchev–Trinajstić information content (AvgIpc) is 2.47. The number of carboxylic acid groups (broad SMARTS) is 1. The van der Waals surface area contributed by atoms with Crippen LogP contribution in [0.3, 0.4) is 0 Å². The third kappa shape index (κ3) is 1.14. The quantitative estimate of drug-likeness (QED) is 0.705. The van der Waals surface area contributed by atoms with Crippen molar-refractivity contribution in [3.8, 4) is 0 Å². The highest BCUT2D eigenvalue weighted by Gasteiger charge is 2.44. The molecule has 0 amide bonds. The second-order valence-corrected chi connectivity index (χ2v) is 3.97. The minimum atomic E-state index is -1.69. The zero-order valence-corrected chi connectivity index (χ0v) is 7.54. The van der Waals surface area contributed by atoms with E-state index in [1.807, 2.05) is 12.1 Å². The van der Waals surface area contributed by atoms with Gasteiger partial charge in [0.15, 0.2) is 5.60 Å². The van der Waals surface area contributed by atoms with Crippen molar-refractivity contribution in [3.05, 3.63) is 29.8 Å². The van der Waals surface area contributed by atoms with Gasteiger partial charge in [-0.05, 0) is 6.07 Å². The third-order valence-electron chi connectivity index (χ3n) is 2.12. The number of aliphatic hydroxyl groups is 1. The van der Waals surface area contributed by atoms with Gasteiger partial charge in [0.1, 0.15) is 0 Å². The Balaban J connectivity index is 2.55. The van der Waals surface area contributed by atoms with E-state index in [1.54, 1.807) is 12.1 Å². The lowest BCUT2D eigenvalue weighted by molar-refractivity contribution is -0.156. The summed E-state index contributed by atoms with van der Waals surface area (Å²) in [5.41, 5.74) is -1.19. The van der Waals surface area contributed by atoms with Crippen LogP contribution < -0.4 is 0 Å². The Bertz CT molecular complexity index is 364. The van der Waals surface area contributed by atoms with Crippen LogP contribution >= 0.6 is 11.8 Å². The second-order valence-electron chi connectivity index (χ2n) is 2.95. The van der Waals surface area contributed by atoms with Crippen molar-refractivity contribution in [3.63, 3.8) is 0 Å². The lowest BCUT2D eigenvalue weighted by Gasteiger charge is -2.16. The maximum absolute atomic E-state index is 10.8. The van der Waals surface area contributed by atoms with Gasteiger partial charge in [-0.3, -0.25) is 0 Å². The molecule has 0 saturated carbocycles. The van der Waals surface area contributed by atoms with Gasteiger partial charge in [0.2, 0.25) is 0 Å². The molecule has 1 aliphatic heterocycles. The van der Waals surface area contributed by atoms with Gasteiger partial charge in [0, 0.05) is 16.2 Å². The van der Waals surface area contributed by atoms with E-state index in [4.69, 9.17) is 5.11 Å². The van der Waals surface area contributed by atoms with Gasteiger partial charge >= 0.3 is 5.97 Å². The molecular weight excluding hydrogens is 188 g/mol. The van der Waals surface area contributed by atoms with E-state index < -0.39 is 11.6 Å². The monoisotopic (exact) mass is 196 g/mol. The summed E-state index contributed by atoms with van der Waals surface area (Å²) in [5.74, 6) is -0.980. The first-order chi connectivity index (χ1) is 6.14. The number of hydrogen-bond acceptors (Lipinski definition) is 3. The smallest absolute Gasteiger partial charge is 0.341 e. The molecule has 3 nitrogen and oxygen atoms in total. The number of hydrogen-bond donors (Lipinski definition) is 2. The molecule has 1 aliphatic rings. The topological polar surface area (TPSA) is 57.5 Å². The highest BCUT2D eigenvalue weighted by Crippen LogP contribution is 2.42. The van der Waals surface area contributed by atoms with Crippen LogP contribution in [0.1, 0.15) is 5.56 Å². The lowest BCUT2D eigenvalue weighted by Crippen LogP contribution is -2.35. The summed E-state index contributed by atoms with van der Waals surface area (Å²) in [6, 6.07) is 7.04. The number of benzene rings is 1. The van der Waals surface area contributed by atoms with Gasteiger partial charge in [-0.1, -0.05) is 18.2 Å². The second kappa shape index (κ2) is 2.75. The molecular formula is C9H8O3S. The summed E-state index contributed by atoms with van der Waals surface area (Å²) in [6.07, 6.45) is 0. The van der Waals surface area contributed by atoms with Gasteiger partial charge in [0.25, 0.3) is 0 Å². The fourth-order valence-electron chi connectivity index (χ4n) is 1.37. The molecule has 2 N–H and O–H groups in total. The molecule has 1 aromatic rings. The van der Waals surface area contributed by atoms with Crippen molar-refractivity contribution < 1.29 is 15.0 Å². The Morgan fingerprint density at radius 3 is 2.85 bits per heavy atom. The van der Waals surface area contributed by atoms with Crippen molar-refractivity contribution in [1.82, 2.24) is 0 Å². The molecule has 0 spiro atoms. The average molecular weight is 196 g/mol. The number of aliphatic carboxylic acids is 1. The predicted molar refractivity (Wildman–Crippen MR) is 48.7 cm³/mol. The third-order valence-corrected chi connectivity index (χ3v) is 3.35. The molecule has 0 bridgehead atoms. The molecule has 1 heterocycles. The van der Waals surface area contributed by atoms with Crippen LogP contribution in [0, 0.1) is 0 Å². The normalized spacial score (nSPS) is 25.6. The zero-order chi connectivity index (χ0) is 9.47.